The van der Waals surface area contributed by atoms with Crippen LogP contribution in [-0.2, 0) is 55.1 Å². The van der Waals surface area contributed by atoms with Crippen LogP contribution >= 0.6 is 0 Å². The van der Waals surface area contributed by atoms with Crippen LogP contribution in [0.1, 0.15) is 62.7 Å². The number of allylic oxidation sites excluding steroid dienone is 11. The maximum Gasteiger partial charge on any atom is 3.00 e. The molecule has 18 nitrogen and oxygen atoms in total. The van der Waals surface area contributed by atoms with Gasteiger partial charge in [-0.25, -0.2) is 24.1 Å². The second kappa shape index (κ2) is 28.0. The molecule has 0 aliphatic carbocycles. The van der Waals surface area contributed by atoms with E-state index >= 15 is 0 Å². The Morgan fingerprint density at radius 2 is 0.763 bits per heavy atom. The Balaban J connectivity index is 0.000000626. The van der Waals surface area contributed by atoms with E-state index in [1.54, 1.807) is 0 Å². The molecule has 0 unspecified atom stereocenters. The van der Waals surface area contributed by atoms with Gasteiger partial charge in [0.15, 0.2) is 24.8 Å². The summed E-state index contributed by atoms with van der Waals surface area (Å²) < 4.78 is 4.80. The molecule has 76 heavy (non-hydrogen) atoms. The number of quaternary nitrogens is 1. The summed E-state index contributed by atoms with van der Waals surface area (Å²) in [5, 5.41) is 44.4. The molecule has 8 heterocycles. The van der Waals surface area contributed by atoms with Crippen LogP contribution in [0, 0.1) is 0 Å². The van der Waals surface area contributed by atoms with Crippen molar-refractivity contribution in [1.82, 2.24) is 14.4 Å². The van der Waals surface area contributed by atoms with E-state index in [0.29, 0.717) is 0 Å². The number of aliphatic imine (C=N–C) groups is 3. The van der Waals surface area contributed by atoms with Crippen LogP contribution in [0.15, 0.2) is 190 Å². The summed E-state index contributed by atoms with van der Waals surface area (Å²) in [6.07, 6.45) is 29.3. The van der Waals surface area contributed by atoms with E-state index in [0.717, 1.165) is 129 Å². The summed E-state index contributed by atoms with van der Waals surface area (Å²) in [6.45, 7) is 4.86. The molecule has 8 bridgehead atoms. The number of nitrogens with zero attached hydrogens (tertiary/aromatic N) is 8. The van der Waals surface area contributed by atoms with E-state index in [1.807, 2.05) is 35.2 Å². The minimum absolute atomic E-state index is 0. The molecule has 5 aliphatic heterocycles. The first-order chi connectivity index (χ1) is 35.2. The molecule has 0 amide bonds. The number of aliphatic carboxylic acids is 5. The fraction of sp³-hybridized carbons (Fsp3) is 0.193. The van der Waals surface area contributed by atoms with Crippen molar-refractivity contribution >= 4 is 69.4 Å². The topological polar surface area (TPSA) is 263 Å². The molecule has 5 aliphatic rings. The van der Waals surface area contributed by atoms with Crippen LogP contribution in [-0.4, -0.2) is 80.1 Å². The summed E-state index contributed by atoms with van der Waals surface area (Å²) in [4.78, 5) is 68.1. The van der Waals surface area contributed by atoms with E-state index in [1.165, 1.54) is 5.69 Å². The zero-order valence-electron chi connectivity index (χ0n) is 43.9. The first kappa shape index (κ1) is 61.4. The Labute approximate surface area is 452 Å². The average molecular weight is 1070 g/mol. The molecule has 0 atom stereocenters. The number of carbonyl (C=O) groups is 5. The second-order valence-electron chi connectivity index (χ2n) is 17.6. The van der Waals surface area contributed by atoms with Crippen molar-refractivity contribution < 1.29 is 75.7 Å². The van der Waals surface area contributed by atoms with Gasteiger partial charge in [0.05, 0.1) is 55.4 Å². The predicted octanol–water partition coefficient (Wildman–Crippen LogP) is 0.514. The minimum Gasteiger partial charge on any atom is -0.657 e. The van der Waals surface area contributed by atoms with E-state index in [9.17, 15) is 0 Å². The summed E-state index contributed by atoms with van der Waals surface area (Å²) in [7, 11) is 12.6. The van der Waals surface area contributed by atoms with Crippen molar-refractivity contribution in [3.63, 3.8) is 0 Å². The molecule has 3 aromatic heterocycles. The van der Waals surface area contributed by atoms with E-state index in [4.69, 9.17) is 69.5 Å². The first-order valence-corrected chi connectivity index (χ1v) is 23.0. The molecule has 9 rings (SSSR count). The molecule has 0 spiro atoms. The van der Waals surface area contributed by atoms with Gasteiger partial charge in [0.1, 0.15) is 19.8 Å². The Morgan fingerprint density at radius 3 is 1.09 bits per heavy atom. The number of hydrogen-bond donors (Lipinski definition) is 0. The van der Waals surface area contributed by atoms with Crippen LogP contribution in [0.25, 0.3) is 16.7 Å². The third kappa shape index (κ3) is 18.2. The maximum absolute atomic E-state index is 8.89. The van der Waals surface area contributed by atoms with E-state index in [2.05, 4.69) is 168 Å². The van der Waals surface area contributed by atoms with Gasteiger partial charge in [0.25, 0.3) is 0 Å². The zero-order valence-corrected chi connectivity index (χ0v) is 45.1. The summed E-state index contributed by atoms with van der Waals surface area (Å²) in [6, 6.07) is 21.5. The molecule has 4 aromatic rings. The number of carbonyl (C=O) groups excluding carboxylic acids is 5. The molecular formula is C57H57MnN8O10. The first-order valence-electron chi connectivity index (χ1n) is 23.0. The van der Waals surface area contributed by atoms with E-state index in [-0.39, 0.29) is 17.1 Å². The summed E-state index contributed by atoms with van der Waals surface area (Å²) >= 11 is 0. The number of aromatic nitrogens is 3. The van der Waals surface area contributed by atoms with Gasteiger partial charge >= 0.3 is 17.1 Å². The molecule has 0 N–H and O–H groups in total. The number of hydrogen-bond acceptors (Lipinski definition) is 14. The number of carboxylic acids is 5. The summed E-state index contributed by atoms with van der Waals surface area (Å²) in [5.74, 6) is -5.42. The molecule has 0 saturated heterocycles. The van der Waals surface area contributed by atoms with Crippen molar-refractivity contribution in [3.05, 3.63) is 203 Å². The van der Waals surface area contributed by atoms with Gasteiger partial charge < -0.3 is 59.4 Å². The minimum atomic E-state index is -1.08. The largest absolute Gasteiger partial charge is 3.00 e. The quantitative estimate of drug-likeness (QED) is 0.154. The Hall–Kier alpha value is -8.90. The van der Waals surface area contributed by atoms with Crippen molar-refractivity contribution in [2.45, 2.75) is 34.6 Å². The predicted molar refractivity (Wildman–Crippen MR) is 276 cm³/mol. The van der Waals surface area contributed by atoms with Gasteiger partial charge in [-0.15, -0.1) is 11.4 Å². The second-order valence-corrected chi connectivity index (χ2v) is 17.6. The number of aryl methyl sites for hydroxylation is 2. The molecule has 19 heteroatoms. The molecule has 0 radical (unpaired) electrons. The van der Waals surface area contributed by atoms with Gasteiger partial charge in [-0.3, -0.25) is 4.48 Å². The maximum atomic E-state index is 8.89. The number of rotatable bonds is 4. The average Bonchev–Trinajstić information content (AvgIpc) is 4.16. The summed E-state index contributed by atoms with van der Waals surface area (Å²) in [5.41, 5.74) is 16.0. The third-order valence-corrected chi connectivity index (χ3v) is 10.3. The fourth-order valence-electron chi connectivity index (χ4n) is 7.35. The smallest absolute Gasteiger partial charge is 0.657 e. The van der Waals surface area contributed by atoms with Gasteiger partial charge in [0, 0.05) is 84.7 Å². The van der Waals surface area contributed by atoms with Crippen molar-refractivity contribution in [2.24, 2.45) is 29.1 Å². The molecular weight excluding hydrogens is 1010 g/mol. The Kier molecular flexibility index (Phi) is 22.6. The number of fused-ring (bicyclic) bond motifs is 5. The molecule has 0 fully saturated rings. The number of carboxylic acid groups (broad SMARTS) is 5. The van der Waals surface area contributed by atoms with Crippen molar-refractivity contribution in [2.75, 3.05) is 28.2 Å². The van der Waals surface area contributed by atoms with Crippen LogP contribution in [0.5, 0.6) is 0 Å². The van der Waals surface area contributed by atoms with Gasteiger partial charge in [-0.2, -0.15) is 0 Å². The molecule has 0 saturated carbocycles. The van der Waals surface area contributed by atoms with Gasteiger partial charge in [-0.05, 0) is 141 Å². The molecule has 392 valence electrons. The standard InChI is InChI=1S/C47H42N8.5C2H4O2.Mn/c1-52-25-19-32(20-26-52)45-38-13-11-36(48-38)44(31-7-9-35(10-8-31)55(4,5)6)37-12-14-39(49-37)46(33-21-27-53(2)28-22-33)41-16-18-43(51-41)47(42-17-15-40(45)50-42)34-23-29-54(3)30-24-34;5*1-2(3)4;/h7-30H,1-6H3;5*1H3,(H,3,4);/q+2;;;;;;+3/p-5. The third-order valence-electron chi connectivity index (χ3n) is 10.3. The van der Waals surface area contributed by atoms with Crippen LogP contribution in [0.2, 0.25) is 0 Å². The van der Waals surface area contributed by atoms with Gasteiger partial charge in [0.2, 0.25) is 0 Å². The Bertz CT molecular complexity index is 3120. The fourth-order valence-corrected chi connectivity index (χ4v) is 7.35. The number of pyridine rings is 2. The van der Waals surface area contributed by atoms with E-state index < -0.39 is 29.8 Å². The Morgan fingerprint density at radius 1 is 0.461 bits per heavy atom. The van der Waals surface area contributed by atoms with Crippen molar-refractivity contribution in [1.29, 1.82) is 0 Å². The SMILES string of the molecule is CC(=O)[O-].CC(=O)[O-].CC(=O)[O-].CC(=O)[O-].CC(=O)[O-].CN1C=CC(=C2C3=NC(=C(c4ccc([N+](C)(C)C)cc4)C4=NC(=C(c5cc[n+](C)cc5)c5ccc([n-]5)C(c5cc[n+](C)cc5)=C5C=CC2=N5)C=C4)C=C3)C=C1.[Mn+3]. The normalized spacial score (nSPS) is 14.4. The number of benzene rings is 1. The monoisotopic (exact) mass is 1070 g/mol. The van der Waals surface area contributed by atoms with Crippen LogP contribution in [0.3, 0.4) is 0 Å². The van der Waals surface area contributed by atoms with Crippen LogP contribution < -0.4 is 44.1 Å². The van der Waals surface area contributed by atoms with Gasteiger partial charge in [-0.1, -0.05) is 12.1 Å². The van der Waals surface area contributed by atoms with Crippen LogP contribution in [0.4, 0.5) is 5.69 Å². The zero-order chi connectivity index (χ0) is 55.7. The van der Waals surface area contributed by atoms with Crippen molar-refractivity contribution in [3.8, 4) is 0 Å². The molecule has 1 aromatic carbocycles.